The Morgan fingerprint density at radius 3 is 2.60 bits per heavy atom. The van der Waals surface area contributed by atoms with Gasteiger partial charge < -0.3 is 9.80 Å². The van der Waals surface area contributed by atoms with Crippen LogP contribution in [0.1, 0.15) is 39.5 Å². The number of hydrogen-bond donors (Lipinski definition) is 0. The SMILES string of the molecule is CC(C)N1CCCC2(CC1)CCN2C(=O)n1cncn1. The summed E-state index contributed by atoms with van der Waals surface area (Å²) in [6, 6.07) is 0.566. The van der Waals surface area contributed by atoms with Crippen molar-refractivity contribution < 1.29 is 4.79 Å². The van der Waals surface area contributed by atoms with Crippen molar-refractivity contribution in [3.05, 3.63) is 12.7 Å². The first-order valence-electron chi connectivity index (χ1n) is 7.53. The number of hydrogen-bond acceptors (Lipinski definition) is 4. The molecule has 1 atom stereocenters. The first-order valence-corrected chi connectivity index (χ1v) is 7.53. The molecule has 3 heterocycles. The summed E-state index contributed by atoms with van der Waals surface area (Å²) in [5, 5.41) is 3.97. The highest BCUT2D eigenvalue weighted by atomic mass is 16.2. The molecule has 6 nitrogen and oxygen atoms in total. The van der Waals surface area contributed by atoms with Gasteiger partial charge in [0.25, 0.3) is 0 Å². The maximum Gasteiger partial charge on any atom is 0.346 e. The van der Waals surface area contributed by atoms with Crippen molar-refractivity contribution in [2.75, 3.05) is 19.6 Å². The molecule has 1 spiro atoms. The van der Waals surface area contributed by atoms with Gasteiger partial charge in [0.1, 0.15) is 12.7 Å². The van der Waals surface area contributed by atoms with Gasteiger partial charge in [-0.25, -0.2) is 9.78 Å². The van der Waals surface area contributed by atoms with E-state index < -0.39 is 0 Å². The number of aromatic nitrogens is 3. The molecule has 2 fully saturated rings. The summed E-state index contributed by atoms with van der Waals surface area (Å²) >= 11 is 0. The number of nitrogens with zero attached hydrogens (tertiary/aromatic N) is 5. The number of carbonyl (C=O) groups is 1. The van der Waals surface area contributed by atoms with Crippen LogP contribution in [0.4, 0.5) is 4.79 Å². The van der Waals surface area contributed by atoms with Crippen LogP contribution < -0.4 is 0 Å². The van der Waals surface area contributed by atoms with Gasteiger partial charge in [0.15, 0.2) is 0 Å². The molecule has 0 bridgehead atoms. The molecule has 1 unspecified atom stereocenters. The Hall–Kier alpha value is -1.43. The summed E-state index contributed by atoms with van der Waals surface area (Å²) in [5.41, 5.74) is 0.0622. The largest absolute Gasteiger partial charge is 0.346 e. The minimum atomic E-state index is -0.0215. The van der Waals surface area contributed by atoms with Gasteiger partial charge >= 0.3 is 6.03 Å². The second-order valence-electron chi connectivity index (χ2n) is 6.23. The number of amides is 1. The first kappa shape index (κ1) is 13.5. The van der Waals surface area contributed by atoms with E-state index in [1.165, 1.54) is 23.8 Å². The molecule has 20 heavy (non-hydrogen) atoms. The molecule has 0 aliphatic carbocycles. The summed E-state index contributed by atoms with van der Waals surface area (Å²) in [4.78, 5) is 20.9. The third-order valence-corrected chi connectivity index (χ3v) is 4.90. The number of rotatable bonds is 1. The maximum atomic E-state index is 12.5. The Balaban J connectivity index is 1.71. The van der Waals surface area contributed by atoms with E-state index in [-0.39, 0.29) is 11.6 Å². The van der Waals surface area contributed by atoms with Crippen LogP contribution in [0, 0.1) is 0 Å². The van der Waals surface area contributed by atoms with E-state index in [0.717, 1.165) is 38.9 Å². The van der Waals surface area contributed by atoms with Crippen LogP contribution in [0.2, 0.25) is 0 Å². The predicted molar refractivity (Wildman–Crippen MR) is 75.4 cm³/mol. The van der Waals surface area contributed by atoms with Crippen LogP contribution in [0.3, 0.4) is 0 Å². The van der Waals surface area contributed by atoms with Crippen molar-refractivity contribution in [2.24, 2.45) is 0 Å². The summed E-state index contributed by atoms with van der Waals surface area (Å²) < 4.78 is 1.35. The zero-order chi connectivity index (χ0) is 14.2. The molecule has 0 aromatic carbocycles. The highest BCUT2D eigenvalue weighted by Crippen LogP contribution is 2.40. The minimum Gasteiger partial charge on any atom is -0.317 e. The molecule has 110 valence electrons. The minimum absolute atomic E-state index is 0.0215. The van der Waals surface area contributed by atoms with Gasteiger partial charge in [0.05, 0.1) is 0 Å². The molecule has 2 aliphatic rings. The van der Waals surface area contributed by atoms with E-state index in [9.17, 15) is 4.79 Å². The third-order valence-electron chi connectivity index (χ3n) is 4.90. The fourth-order valence-corrected chi connectivity index (χ4v) is 3.51. The molecular weight excluding hydrogens is 254 g/mol. The molecule has 0 radical (unpaired) electrons. The molecule has 2 aliphatic heterocycles. The number of carbonyl (C=O) groups excluding carboxylic acids is 1. The van der Waals surface area contributed by atoms with Crippen LogP contribution in [0.25, 0.3) is 0 Å². The zero-order valence-electron chi connectivity index (χ0n) is 12.3. The van der Waals surface area contributed by atoms with Gasteiger partial charge in [0.2, 0.25) is 0 Å². The first-order chi connectivity index (χ1) is 9.62. The molecule has 1 aromatic rings. The topological polar surface area (TPSA) is 54.3 Å². The van der Waals surface area contributed by atoms with E-state index in [4.69, 9.17) is 0 Å². The highest BCUT2D eigenvalue weighted by molar-refractivity contribution is 5.77. The second kappa shape index (κ2) is 5.16. The van der Waals surface area contributed by atoms with Gasteiger partial charge in [-0.15, -0.1) is 0 Å². The van der Waals surface area contributed by atoms with E-state index in [1.807, 2.05) is 4.90 Å². The Morgan fingerprint density at radius 2 is 2.00 bits per heavy atom. The number of likely N-dealkylation sites (tertiary alicyclic amines) is 2. The van der Waals surface area contributed by atoms with Crippen LogP contribution in [-0.4, -0.2) is 61.8 Å². The Bertz CT molecular complexity index is 472. The average molecular weight is 277 g/mol. The fourth-order valence-electron chi connectivity index (χ4n) is 3.51. The maximum absolute atomic E-state index is 12.5. The quantitative estimate of drug-likeness (QED) is 0.782. The van der Waals surface area contributed by atoms with Crippen molar-refractivity contribution >= 4 is 6.03 Å². The average Bonchev–Trinajstić information content (AvgIpc) is 2.82. The third kappa shape index (κ3) is 2.22. The molecule has 6 heteroatoms. The van der Waals surface area contributed by atoms with E-state index in [1.54, 1.807) is 0 Å². The monoisotopic (exact) mass is 277 g/mol. The van der Waals surface area contributed by atoms with Gasteiger partial charge in [-0.1, -0.05) is 0 Å². The standard InChI is InChI=1S/C14H23N5O/c1-12(2)17-7-3-4-14(5-8-17)6-9-18(14)13(20)19-11-15-10-16-19/h10-12H,3-9H2,1-2H3. The summed E-state index contributed by atoms with van der Waals surface area (Å²) in [6.07, 6.45) is 7.38. The molecular formula is C14H23N5O. The van der Waals surface area contributed by atoms with Gasteiger partial charge in [-0.2, -0.15) is 9.78 Å². The molecule has 1 amide bonds. The summed E-state index contributed by atoms with van der Waals surface area (Å²) in [7, 11) is 0. The smallest absolute Gasteiger partial charge is 0.317 e. The lowest BCUT2D eigenvalue weighted by Crippen LogP contribution is -2.63. The Kier molecular flexibility index (Phi) is 3.50. The van der Waals surface area contributed by atoms with E-state index >= 15 is 0 Å². The highest BCUT2D eigenvalue weighted by Gasteiger charge is 2.48. The van der Waals surface area contributed by atoms with Crippen LogP contribution in [0.15, 0.2) is 12.7 Å². The van der Waals surface area contributed by atoms with Crippen LogP contribution in [-0.2, 0) is 0 Å². The molecule has 1 aromatic heterocycles. The Labute approximate surface area is 119 Å². The molecule has 2 saturated heterocycles. The summed E-state index contributed by atoms with van der Waals surface area (Å²) in [6.45, 7) is 7.57. The van der Waals surface area contributed by atoms with E-state index in [2.05, 4.69) is 28.8 Å². The predicted octanol–water partition coefficient (Wildman–Crippen LogP) is 1.59. The molecule has 3 rings (SSSR count). The van der Waals surface area contributed by atoms with Crippen molar-refractivity contribution in [1.29, 1.82) is 0 Å². The van der Waals surface area contributed by atoms with Gasteiger partial charge in [-0.3, -0.25) is 0 Å². The van der Waals surface area contributed by atoms with Crippen LogP contribution >= 0.6 is 0 Å². The van der Waals surface area contributed by atoms with Crippen molar-refractivity contribution in [1.82, 2.24) is 24.6 Å². The molecule has 0 saturated carbocycles. The van der Waals surface area contributed by atoms with Crippen LogP contribution in [0.5, 0.6) is 0 Å². The Morgan fingerprint density at radius 1 is 1.20 bits per heavy atom. The van der Waals surface area contributed by atoms with Crippen molar-refractivity contribution in [3.8, 4) is 0 Å². The molecule has 0 N–H and O–H groups in total. The van der Waals surface area contributed by atoms with Crippen molar-refractivity contribution in [3.63, 3.8) is 0 Å². The fraction of sp³-hybridized carbons (Fsp3) is 0.786. The van der Waals surface area contributed by atoms with Crippen molar-refractivity contribution in [2.45, 2.75) is 51.1 Å². The lowest BCUT2D eigenvalue weighted by Gasteiger charge is -2.52. The van der Waals surface area contributed by atoms with Gasteiger partial charge in [0, 0.05) is 24.7 Å². The second-order valence-corrected chi connectivity index (χ2v) is 6.23. The van der Waals surface area contributed by atoms with Gasteiger partial charge in [-0.05, 0) is 46.1 Å². The lowest BCUT2D eigenvalue weighted by molar-refractivity contribution is 0.0106. The lowest BCUT2D eigenvalue weighted by atomic mass is 9.78. The zero-order valence-corrected chi connectivity index (χ0v) is 12.3. The van der Waals surface area contributed by atoms with E-state index in [0.29, 0.717) is 6.04 Å². The summed E-state index contributed by atoms with van der Waals surface area (Å²) in [5.74, 6) is 0. The normalized spacial score (nSPS) is 27.6.